The highest BCUT2D eigenvalue weighted by Crippen LogP contribution is 2.65. The molecule has 4 fully saturated rings. The molecule has 1 aromatic rings. The molecule has 2 aliphatic heterocycles. The maximum atomic E-state index is 4.32. The van der Waals surface area contributed by atoms with Crippen LogP contribution in [0.3, 0.4) is 0 Å². The lowest BCUT2D eigenvalue weighted by Gasteiger charge is -2.44. The Morgan fingerprint density at radius 1 is 0.870 bits per heavy atom. The molecule has 0 radical (unpaired) electrons. The minimum Gasteiger partial charge on any atom is -0.291 e. The van der Waals surface area contributed by atoms with Gasteiger partial charge in [0.05, 0.1) is 11.5 Å². The van der Waals surface area contributed by atoms with Crippen LogP contribution in [0, 0.1) is 29.1 Å². The second kappa shape index (κ2) is 10.5. The average Bonchev–Trinajstić information content (AvgIpc) is 3.68. The summed E-state index contributed by atoms with van der Waals surface area (Å²) < 4.78 is 0. The van der Waals surface area contributed by atoms with E-state index in [1.807, 2.05) is 0 Å². The van der Waals surface area contributed by atoms with Crippen molar-refractivity contribution in [3.8, 4) is 0 Å². The SMILES string of the molecule is CC1(C)C2=CCCC=C2C2C=C3C(=CC21)C1(CCCCC1)c1cccc(C2NC4SC5=CC=CCC5C4C(C4=CC=CCC4)N2)c13. The van der Waals surface area contributed by atoms with Crippen molar-refractivity contribution in [2.45, 2.75) is 101 Å². The van der Waals surface area contributed by atoms with Gasteiger partial charge in [-0.15, -0.1) is 11.8 Å². The lowest BCUT2D eigenvalue weighted by atomic mass is 9.64. The van der Waals surface area contributed by atoms with Crippen LogP contribution < -0.4 is 10.6 Å². The lowest BCUT2D eigenvalue weighted by molar-refractivity contribution is 0.192. The zero-order chi connectivity index (χ0) is 30.6. The molecule has 2 saturated heterocycles. The molecule has 2 saturated carbocycles. The van der Waals surface area contributed by atoms with Gasteiger partial charge < -0.3 is 0 Å². The number of thioether (sulfide) groups is 1. The minimum atomic E-state index is 0.136. The highest BCUT2D eigenvalue weighted by molar-refractivity contribution is 8.04. The van der Waals surface area contributed by atoms with E-state index in [1.165, 1.54) is 63.4 Å². The van der Waals surface area contributed by atoms with E-state index in [4.69, 9.17) is 0 Å². The monoisotopic (exact) mass is 624 g/mol. The van der Waals surface area contributed by atoms with E-state index < -0.39 is 0 Å². The summed E-state index contributed by atoms with van der Waals surface area (Å²) in [5.41, 5.74) is 13.2. The Morgan fingerprint density at radius 2 is 1.74 bits per heavy atom. The van der Waals surface area contributed by atoms with Crippen molar-refractivity contribution in [2.75, 3.05) is 0 Å². The first-order valence-electron chi connectivity index (χ1n) is 18.4. The lowest BCUT2D eigenvalue weighted by Crippen LogP contribution is -2.58. The van der Waals surface area contributed by atoms with E-state index in [0.717, 1.165) is 6.42 Å². The molecule has 2 nitrogen and oxygen atoms in total. The van der Waals surface area contributed by atoms with Crippen molar-refractivity contribution in [3.63, 3.8) is 0 Å². The molecule has 0 aromatic heterocycles. The molecule has 2 N–H and O–H groups in total. The molecule has 3 heteroatoms. The van der Waals surface area contributed by atoms with E-state index in [1.54, 1.807) is 43.9 Å². The summed E-state index contributed by atoms with van der Waals surface area (Å²) in [7, 11) is 0. The fraction of sp³-hybridized carbons (Fsp3) is 0.488. The van der Waals surface area contributed by atoms with Crippen LogP contribution in [0.25, 0.3) is 5.57 Å². The fourth-order valence-corrected chi connectivity index (χ4v) is 13.1. The van der Waals surface area contributed by atoms with Crippen LogP contribution in [0.2, 0.25) is 0 Å². The second-order valence-corrected chi connectivity index (χ2v) is 17.3. The standard InChI is InChI=1S/C43H48N2S/c1-42(2)32-19-9-7-16-27(32)30-24-31-35(25-34(30)42)43(22-11-4-12-23-43)33-20-13-18-29(37(31)33)40-44-39(26-14-5-3-6-15-26)38-28-17-8-10-21-36(28)46-41(38)45-40/h3,5,8,10,13-14,16,18-21,24-25,28,30,34,38-41,44-45H,4,6-7,9,11-12,15,17,22-23H2,1-2H3. The van der Waals surface area contributed by atoms with Gasteiger partial charge in [-0.2, -0.15) is 0 Å². The predicted molar refractivity (Wildman–Crippen MR) is 193 cm³/mol. The summed E-state index contributed by atoms with van der Waals surface area (Å²) in [4.78, 5) is 1.59. The Labute approximate surface area is 280 Å². The van der Waals surface area contributed by atoms with Crippen molar-refractivity contribution in [2.24, 2.45) is 29.1 Å². The van der Waals surface area contributed by atoms with Gasteiger partial charge in [0.25, 0.3) is 0 Å². The highest BCUT2D eigenvalue weighted by Gasteiger charge is 2.55. The third-order valence-electron chi connectivity index (χ3n) is 13.6. The third kappa shape index (κ3) is 3.92. The van der Waals surface area contributed by atoms with Crippen molar-refractivity contribution in [3.05, 3.63) is 123 Å². The normalized spacial score (nSPS) is 37.4. The molecular weight excluding hydrogens is 577 g/mol. The van der Waals surface area contributed by atoms with Gasteiger partial charge in [0.15, 0.2) is 0 Å². The highest BCUT2D eigenvalue weighted by atomic mass is 32.2. The maximum Gasteiger partial charge on any atom is 0.0855 e. The van der Waals surface area contributed by atoms with Gasteiger partial charge in [-0.3, -0.25) is 10.6 Å². The first-order chi connectivity index (χ1) is 22.5. The quantitative estimate of drug-likeness (QED) is 0.342. The average molecular weight is 625 g/mol. The maximum absolute atomic E-state index is 4.32. The van der Waals surface area contributed by atoms with Gasteiger partial charge in [-0.1, -0.05) is 118 Å². The Kier molecular flexibility index (Phi) is 6.46. The molecular formula is C43H48N2S. The van der Waals surface area contributed by atoms with Gasteiger partial charge in [0.2, 0.25) is 0 Å². The summed E-state index contributed by atoms with van der Waals surface area (Å²) in [5.74, 6) is 2.25. The second-order valence-electron chi connectivity index (χ2n) is 16.1. The first-order valence-corrected chi connectivity index (χ1v) is 19.3. The summed E-state index contributed by atoms with van der Waals surface area (Å²) in [5, 5.41) is 9.00. The molecule has 0 amide bonds. The summed E-state index contributed by atoms with van der Waals surface area (Å²) in [6.45, 7) is 5.06. The van der Waals surface area contributed by atoms with Crippen LogP contribution in [0.15, 0.2) is 106 Å². The Bertz CT molecular complexity index is 1750. The number of nitrogens with one attached hydrogen (secondary N) is 2. The predicted octanol–water partition coefficient (Wildman–Crippen LogP) is 10.1. The van der Waals surface area contributed by atoms with Crippen molar-refractivity contribution >= 4 is 17.3 Å². The Hall–Kier alpha value is -2.59. The van der Waals surface area contributed by atoms with Gasteiger partial charge in [-0.25, -0.2) is 0 Å². The molecule has 9 aliphatic rings. The van der Waals surface area contributed by atoms with E-state index in [0.29, 0.717) is 35.1 Å². The van der Waals surface area contributed by atoms with Gasteiger partial charge in [0.1, 0.15) is 0 Å². The van der Waals surface area contributed by atoms with Crippen LogP contribution in [0.4, 0.5) is 0 Å². The van der Waals surface area contributed by atoms with E-state index in [9.17, 15) is 0 Å². The molecule has 7 atom stereocenters. The molecule has 2 heterocycles. The van der Waals surface area contributed by atoms with Crippen LogP contribution in [-0.4, -0.2) is 11.4 Å². The van der Waals surface area contributed by atoms with Crippen LogP contribution in [0.5, 0.6) is 0 Å². The molecule has 1 spiro atoms. The zero-order valence-electron chi connectivity index (χ0n) is 27.5. The fourth-order valence-electron chi connectivity index (χ4n) is 11.5. The summed E-state index contributed by atoms with van der Waals surface area (Å²) in [6.07, 6.45) is 37.7. The molecule has 0 bridgehead atoms. The number of fused-ring (bicyclic) bond motifs is 11. The Balaban J connectivity index is 1.12. The van der Waals surface area contributed by atoms with E-state index >= 15 is 0 Å². The largest absolute Gasteiger partial charge is 0.291 e. The van der Waals surface area contributed by atoms with Gasteiger partial charge in [0, 0.05) is 29.2 Å². The van der Waals surface area contributed by atoms with Crippen LogP contribution in [-0.2, 0) is 5.41 Å². The van der Waals surface area contributed by atoms with Crippen LogP contribution in [0.1, 0.15) is 101 Å². The van der Waals surface area contributed by atoms with Crippen LogP contribution >= 0.6 is 11.8 Å². The molecule has 7 unspecified atom stereocenters. The topological polar surface area (TPSA) is 24.1 Å². The van der Waals surface area contributed by atoms with Crippen molar-refractivity contribution in [1.29, 1.82) is 0 Å². The summed E-state index contributed by atoms with van der Waals surface area (Å²) in [6, 6.07) is 7.80. The molecule has 1 aromatic carbocycles. The third-order valence-corrected chi connectivity index (χ3v) is 15.0. The number of hydrogen-bond acceptors (Lipinski definition) is 3. The zero-order valence-corrected chi connectivity index (χ0v) is 28.3. The van der Waals surface area contributed by atoms with Crippen molar-refractivity contribution < 1.29 is 0 Å². The molecule has 10 rings (SSSR count). The Morgan fingerprint density at radius 3 is 2.61 bits per heavy atom. The first kappa shape index (κ1) is 28.4. The molecule has 7 aliphatic carbocycles. The van der Waals surface area contributed by atoms with E-state index in [-0.39, 0.29) is 17.0 Å². The minimum absolute atomic E-state index is 0.136. The number of allylic oxidation sites excluding steroid dienone is 15. The number of hydrogen-bond donors (Lipinski definition) is 2. The summed E-state index contributed by atoms with van der Waals surface area (Å²) >= 11 is 2.12. The van der Waals surface area contributed by atoms with Gasteiger partial charge in [-0.05, 0) is 100 Å². The smallest absolute Gasteiger partial charge is 0.0855 e. The number of rotatable bonds is 2. The number of benzene rings is 1. The molecule has 236 valence electrons. The van der Waals surface area contributed by atoms with Crippen molar-refractivity contribution in [1.82, 2.24) is 10.6 Å². The molecule has 46 heavy (non-hydrogen) atoms. The van der Waals surface area contributed by atoms with Gasteiger partial charge >= 0.3 is 0 Å². The van der Waals surface area contributed by atoms with E-state index in [2.05, 4.69) is 115 Å².